The van der Waals surface area contributed by atoms with Crippen molar-refractivity contribution in [1.82, 2.24) is 9.62 Å². The van der Waals surface area contributed by atoms with Gasteiger partial charge >= 0.3 is 18.4 Å². The third-order valence-electron chi connectivity index (χ3n) is 4.04. The highest BCUT2D eigenvalue weighted by Crippen LogP contribution is 2.36. The zero-order valence-electron chi connectivity index (χ0n) is 14.4. The van der Waals surface area contributed by atoms with Crippen molar-refractivity contribution < 1.29 is 44.3 Å². The maximum absolute atomic E-state index is 12.5. The first-order chi connectivity index (χ1) is 13.2. The second-order valence-electron chi connectivity index (χ2n) is 6.25. The molecule has 1 heterocycles. The SMILES string of the molecule is O=C(OC(C(F)(F)F)C(F)(F)F)N1CCC(CNS(=O)(=O)c2ccc(Cl)cc2)C1. The van der Waals surface area contributed by atoms with Crippen LogP contribution in [-0.4, -0.2) is 57.5 Å². The van der Waals surface area contributed by atoms with E-state index in [0.29, 0.717) is 9.92 Å². The molecule has 1 amide bonds. The maximum Gasteiger partial charge on any atom is 0.434 e. The summed E-state index contributed by atoms with van der Waals surface area (Å²) >= 11 is 5.68. The van der Waals surface area contributed by atoms with Crippen molar-refractivity contribution >= 4 is 27.7 Å². The highest BCUT2D eigenvalue weighted by molar-refractivity contribution is 7.89. The van der Waals surface area contributed by atoms with Gasteiger partial charge in [-0.15, -0.1) is 0 Å². The van der Waals surface area contributed by atoms with E-state index in [0.717, 1.165) is 0 Å². The molecule has 1 aliphatic heterocycles. The molecule has 1 aromatic rings. The summed E-state index contributed by atoms with van der Waals surface area (Å²) in [5.41, 5.74) is 0. The number of sulfonamides is 1. The fourth-order valence-electron chi connectivity index (χ4n) is 2.58. The molecule has 0 aliphatic carbocycles. The lowest BCUT2D eigenvalue weighted by molar-refractivity contribution is -0.308. The predicted molar refractivity (Wildman–Crippen MR) is 88.7 cm³/mol. The second kappa shape index (κ2) is 8.56. The quantitative estimate of drug-likeness (QED) is 0.670. The molecule has 0 aromatic heterocycles. The Bertz CT molecular complexity index is 815. The van der Waals surface area contributed by atoms with Crippen LogP contribution in [0.3, 0.4) is 0 Å². The summed E-state index contributed by atoms with van der Waals surface area (Å²) in [7, 11) is -3.90. The van der Waals surface area contributed by atoms with Crippen molar-refractivity contribution in [2.45, 2.75) is 29.8 Å². The Morgan fingerprint density at radius 1 is 1.17 bits per heavy atom. The van der Waals surface area contributed by atoms with Crippen LogP contribution in [0.5, 0.6) is 0 Å². The van der Waals surface area contributed by atoms with Gasteiger partial charge in [0.05, 0.1) is 4.90 Å². The molecule has 164 valence electrons. The normalized spacial score (nSPS) is 18.3. The molecule has 0 spiro atoms. The number of nitrogens with zero attached hydrogens (tertiary/aromatic N) is 1. The zero-order chi connectivity index (χ0) is 22.0. The summed E-state index contributed by atoms with van der Waals surface area (Å²) in [4.78, 5) is 12.3. The highest BCUT2D eigenvalue weighted by Gasteiger charge is 2.60. The Morgan fingerprint density at radius 2 is 1.72 bits per heavy atom. The molecule has 0 saturated carbocycles. The largest absolute Gasteiger partial charge is 0.434 e. The lowest BCUT2D eigenvalue weighted by Gasteiger charge is -2.25. The van der Waals surface area contributed by atoms with E-state index in [4.69, 9.17) is 11.6 Å². The first-order valence-electron chi connectivity index (χ1n) is 8.04. The number of amides is 1. The molecule has 1 fully saturated rings. The lowest BCUT2D eigenvalue weighted by Crippen LogP contribution is -2.48. The van der Waals surface area contributed by atoms with Crippen molar-refractivity contribution in [3.05, 3.63) is 29.3 Å². The van der Waals surface area contributed by atoms with Gasteiger partial charge < -0.3 is 9.64 Å². The van der Waals surface area contributed by atoms with Gasteiger partial charge in [-0.05, 0) is 36.6 Å². The molecule has 1 atom stereocenters. The fourth-order valence-corrected chi connectivity index (χ4v) is 3.83. The molecule has 1 unspecified atom stereocenters. The maximum atomic E-state index is 12.5. The number of rotatable bonds is 5. The summed E-state index contributed by atoms with van der Waals surface area (Å²) in [6.07, 6.45) is -17.4. The molecule has 6 nitrogen and oxygen atoms in total. The van der Waals surface area contributed by atoms with Gasteiger partial charge in [-0.1, -0.05) is 11.6 Å². The zero-order valence-corrected chi connectivity index (χ0v) is 16.0. The van der Waals surface area contributed by atoms with Crippen molar-refractivity contribution in [3.8, 4) is 0 Å². The van der Waals surface area contributed by atoms with Gasteiger partial charge in [0, 0.05) is 24.7 Å². The number of hydrogen-bond donors (Lipinski definition) is 1. The van der Waals surface area contributed by atoms with Gasteiger partial charge in [0.25, 0.3) is 6.10 Å². The number of benzene rings is 1. The van der Waals surface area contributed by atoms with Crippen LogP contribution in [0.4, 0.5) is 31.1 Å². The van der Waals surface area contributed by atoms with Crippen LogP contribution in [0, 0.1) is 5.92 Å². The first-order valence-corrected chi connectivity index (χ1v) is 9.90. The van der Waals surface area contributed by atoms with Crippen LogP contribution in [0.15, 0.2) is 29.2 Å². The van der Waals surface area contributed by atoms with Gasteiger partial charge in [-0.2, -0.15) is 26.3 Å². The molecule has 1 aliphatic rings. The van der Waals surface area contributed by atoms with E-state index < -0.39 is 40.5 Å². The Morgan fingerprint density at radius 3 is 2.24 bits per heavy atom. The molecule has 29 heavy (non-hydrogen) atoms. The molecule has 0 bridgehead atoms. The standard InChI is InChI=1S/C15H15ClF6N2O4S/c16-10-1-3-11(4-2-10)29(26,27)23-7-9-5-6-24(8-9)13(25)28-12(14(17,18)19)15(20,21)22/h1-4,9,12,23H,5-8H2. The Hall–Kier alpha value is -1.73. The second-order valence-corrected chi connectivity index (χ2v) is 8.46. The molecule has 1 aromatic carbocycles. The van der Waals surface area contributed by atoms with Gasteiger partial charge in [0.1, 0.15) is 0 Å². The van der Waals surface area contributed by atoms with E-state index in [1.807, 2.05) is 0 Å². The van der Waals surface area contributed by atoms with Crippen molar-refractivity contribution in [1.29, 1.82) is 0 Å². The van der Waals surface area contributed by atoms with Crippen LogP contribution >= 0.6 is 11.6 Å². The van der Waals surface area contributed by atoms with Crippen molar-refractivity contribution in [2.75, 3.05) is 19.6 Å². The summed E-state index contributed by atoms with van der Waals surface area (Å²) in [5.74, 6) is -0.514. The smallest absolute Gasteiger partial charge is 0.426 e. The summed E-state index contributed by atoms with van der Waals surface area (Å²) in [6, 6.07) is 5.25. The predicted octanol–water partition coefficient (Wildman–Crippen LogP) is 3.57. The molecule has 2 rings (SSSR count). The minimum atomic E-state index is -5.80. The molecule has 14 heteroatoms. The van der Waals surface area contributed by atoms with Crippen molar-refractivity contribution in [2.24, 2.45) is 5.92 Å². The van der Waals surface area contributed by atoms with Gasteiger partial charge in [0.2, 0.25) is 10.0 Å². The minimum absolute atomic E-state index is 0.0747. The van der Waals surface area contributed by atoms with E-state index in [9.17, 15) is 39.6 Å². The summed E-state index contributed by atoms with van der Waals surface area (Å²) in [5, 5.41) is 0.324. The van der Waals surface area contributed by atoms with E-state index in [2.05, 4.69) is 9.46 Å². The summed E-state index contributed by atoms with van der Waals surface area (Å²) in [6.45, 7) is -0.601. The Balaban J connectivity index is 1.92. The van der Waals surface area contributed by atoms with E-state index >= 15 is 0 Å². The molecule has 1 N–H and O–H groups in total. The average Bonchev–Trinajstić information content (AvgIpc) is 3.05. The molecule has 1 saturated heterocycles. The molecular weight excluding hydrogens is 454 g/mol. The lowest BCUT2D eigenvalue weighted by atomic mass is 10.1. The number of hydrogen-bond acceptors (Lipinski definition) is 4. The molecular formula is C15H15ClF6N2O4S. The number of ether oxygens (including phenoxy) is 1. The minimum Gasteiger partial charge on any atom is -0.426 e. The van der Waals surface area contributed by atoms with Crippen LogP contribution in [0.25, 0.3) is 0 Å². The van der Waals surface area contributed by atoms with E-state index in [1.54, 1.807) is 0 Å². The van der Waals surface area contributed by atoms with Crippen LogP contribution < -0.4 is 4.72 Å². The number of alkyl halides is 6. The fraction of sp³-hybridized carbons (Fsp3) is 0.533. The monoisotopic (exact) mass is 468 g/mol. The third kappa shape index (κ3) is 6.37. The molecule has 0 radical (unpaired) electrons. The Kier molecular flexibility index (Phi) is 6.95. The number of likely N-dealkylation sites (tertiary alicyclic amines) is 1. The number of halogens is 7. The Labute approximate surface area is 166 Å². The van der Waals surface area contributed by atoms with Gasteiger partial charge in [0.15, 0.2) is 0 Å². The van der Waals surface area contributed by atoms with Crippen LogP contribution in [-0.2, 0) is 14.8 Å². The topological polar surface area (TPSA) is 75.7 Å². The van der Waals surface area contributed by atoms with Crippen LogP contribution in [0.2, 0.25) is 5.02 Å². The van der Waals surface area contributed by atoms with E-state index in [1.165, 1.54) is 24.3 Å². The number of carbonyl (C=O) groups excluding carboxylic acids is 1. The average molecular weight is 469 g/mol. The van der Waals surface area contributed by atoms with Gasteiger partial charge in [-0.3, -0.25) is 0 Å². The van der Waals surface area contributed by atoms with Crippen molar-refractivity contribution in [3.63, 3.8) is 0 Å². The first kappa shape index (κ1) is 23.5. The number of nitrogens with one attached hydrogen (secondary N) is 1. The number of carbonyl (C=O) groups is 1. The van der Waals surface area contributed by atoms with Crippen LogP contribution in [0.1, 0.15) is 6.42 Å². The third-order valence-corrected chi connectivity index (χ3v) is 5.73. The van der Waals surface area contributed by atoms with Gasteiger partial charge in [-0.25, -0.2) is 17.9 Å². The highest BCUT2D eigenvalue weighted by atomic mass is 35.5. The van der Waals surface area contributed by atoms with E-state index in [-0.39, 0.29) is 31.0 Å². The summed E-state index contributed by atoms with van der Waals surface area (Å²) < 4.78 is 105.